The zero-order valence-corrected chi connectivity index (χ0v) is 75.4. The summed E-state index contributed by atoms with van der Waals surface area (Å²) in [6.45, 7) is 28.2. The highest BCUT2D eigenvalue weighted by atomic mass is 32.3. The highest BCUT2D eigenvalue weighted by Crippen LogP contribution is 2.36. The van der Waals surface area contributed by atoms with Gasteiger partial charge in [-0.1, -0.05) is 233 Å². The summed E-state index contributed by atoms with van der Waals surface area (Å²) >= 11 is 7.09. The van der Waals surface area contributed by atoms with Crippen molar-refractivity contribution < 1.29 is 58.7 Å². The summed E-state index contributed by atoms with van der Waals surface area (Å²) in [5.74, 6) is 0.842. The molecule has 0 aliphatic carbocycles. The van der Waals surface area contributed by atoms with Crippen LogP contribution in [0.1, 0.15) is 63.1 Å². The van der Waals surface area contributed by atoms with E-state index in [1.807, 2.05) is 129 Å². The molecule has 1 atom stereocenters. The number of fused-ring (bicyclic) bond motifs is 6. The summed E-state index contributed by atoms with van der Waals surface area (Å²) in [6.07, 6.45) is 2.10. The molecule has 124 heavy (non-hydrogen) atoms. The molecule has 13 aromatic rings. The maximum atomic E-state index is 13.4. The van der Waals surface area contributed by atoms with E-state index in [1.165, 1.54) is 115 Å². The summed E-state index contributed by atoms with van der Waals surface area (Å²) in [5.41, 5.74) is 19.2. The summed E-state index contributed by atoms with van der Waals surface area (Å²) in [4.78, 5) is 13.7. The maximum Gasteiger partial charge on any atom is 0.491 e. The summed E-state index contributed by atoms with van der Waals surface area (Å²) in [5, 5.41) is 9.68. The van der Waals surface area contributed by atoms with Crippen LogP contribution in [0.2, 0.25) is 34.1 Å². The van der Waals surface area contributed by atoms with Crippen LogP contribution in [0.25, 0.3) is 4.85 Å². The predicted molar refractivity (Wildman–Crippen MR) is 514 cm³/mol. The van der Waals surface area contributed by atoms with Crippen LogP contribution in [0.15, 0.2) is 345 Å². The number of ether oxygens (including phenoxy) is 1. The number of sulfonamides is 2. The first-order valence-electron chi connectivity index (χ1n) is 40.4. The van der Waals surface area contributed by atoms with Crippen LogP contribution in [0.4, 0.5) is 11.4 Å². The van der Waals surface area contributed by atoms with Crippen molar-refractivity contribution in [2.45, 2.75) is 162 Å². The smallest absolute Gasteiger partial charge is 0.489 e. The Morgan fingerprint density at radius 2 is 0.774 bits per heavy atom. The first-order chi connectivity index (χ1) is 59.4. The van der Waals surface area contributed by atoms with Crippen LogP contribution in [-0.4, -0.2) is 74.0 Å². The Balaban J connectivity index is 0.000000129. The Hall–Kier alpha value is -9.49. The number of nitrogens with zero attached hydrogens (tertiary/aromatic N) is 2. The third kappa shape index (κ3) is 23.2. The molecule has 626 valence electrons. The third-order valence-corrected chi connectivity index (χ3v) is 30.8. The second-order valence-electron chi connectivity index (χ2n) is 30.2. The predicted octanol–water partition coefficient (Wildman–Crippen LogP) is 18.7. The van der Waals surface area contributed by atoms with Gasteiger partial charge in [0.25, 0.3) is 20.0 Å². The van der Waals surface area contributed by atoms with Crippen molar-refractivity contribution in [3.05, 3.63) is 358 Å². The summed E-state index contributed by atoms with van der Waals surface area (Å²) < 4.78 is 106. The van der Waals surface area contributed by atoms with Crippen molar-refractivity contribution in [3.8, 4) is 5.75 Å². The average molecular weight is 1770 g/mol. The molecule has 0 bridgehead atoms. The normalized spacial score (nSPS) is 13.8. The largest absolute Gasteiger partial charge is 0.491 e. The first kappa shape index (κ1) is 92.2. The van der Waals surface area contributed by atoms with E-state index in [0.29, 0.717) is 42.4 Å². The Morgan fingerprint density at radius 1 is 0.395 bits per heavy atom. The van der Waals surface area contributed by atoms with Gasteiger partial charge in [0.2, 0.25) is 0 Å². The maximum absolute atomic E-state index is 13.4. The van der Waals surface area contributed by atoms with Gasteiger partial charge in [0.05, 0.1) is 72.5 Å². The molecule has 0 spiro atoms. The van der Waals surface area contributed by atoms with Crippen LogP contribution in [0.5, 0.6) is 5.75 Å². The van der Waals surface area contributed by atoms with Gasteiger partial charge in [-0.15, -0.1) is 11.8 Å². The molecule has 6 heterocycles. The molecule has 0 saturated heterocycles. The fraction of sp³-hybridized carbons (Fsp3) is 0.177. The number of hydrogen-bond donors (Lipinski definition) is 1. The molecule has 0 radical (unpaired) electrons. The molecule has 19 rings (SSSR count). The van der Waals surface area contributed by atoms with E-state index in [9.17, 15) is 26.1 Å². The minimum atomic E-state index is -4.39. The van der Waals surface area contributed by atoms with Gasteiger partial charge in [-0.05, 0) is 250 Å². The van der Waals surface area contributed by atoms with Gasteiger partial charge in [0.1, 0.15) is 12.4 Å². The molecule has 1 unspecified atom stereocenters. The summed E-state index contributed by atoms with van der Waals surface area (Å²) in [7, 11) is -10.7. The van der Waals surface area contributed by atoms with E-state index in [2.05, 4.69) is 167 Å². The van der Waals surface area contributed by atoms with Gasteiger partial charge in [0, 0.05) is 44.1 Å². The lowest BCUT2D eigenvalue weighted by Crippen LogP contribution is -2.37. The average Bonchev–Trinajstić information content (AvgIpc) is 0.925. The standard InChI is InChI=1S/C20H18BNO5S2.C16H14BNO2.C15H15BO2S.C15H15BOS2.C15H15BOS.C14H13BO2S.CH4/c1-21-20-13-12-17(14-16(20)15-27-21)22(28(23,24)18-8-4-2-5-9-18)29(25,26)19-10-6-3-7-11-19;1-17-16-7-6-15(9-13(16)11-20-17)19-10-12-4-3-5-14(8-12)18-2;1-11-3-6-13(7-4-11)19(17)14-8-5-12-10-18-16(2)15(12)9-14;1-16-15-9-14(4-3-11(15)10-17-16)19-13-7-5-12(18-2)6-8-13;1-11-3-6-13(7-4-11)18-14-8-5-12-10-17-16(2)15(12)9-14;1-10-2-5-12(6-3-10)18-13-7-4-11-9-17-15(16)14(11)8-13;/h2-14H,15H2,1H3;3-9H,10-11H2,1H3;2*3-9H,10H2,1-2H3;3-9H,10H2,1-2H3;2-8,16H,9H2,1H3;1H4. The van der Waals surface area contributed by atoms with Gasteiger partial charge < -0.3 is 37.7 Å². The van der Waals surface area contributed by atoms with E-state index in [1.54, 1.807) is 78.1 Å². The van der Waals surface area contributed by atoms with Gasteiger partial charge in [0.15, 0.2) is 5.69 Å². The second-order valence-corrected chi connectivity index (χ2v) is 39.8. The number of benzene rings is 13. The van der Waals surface area contributed by atoms with E-state index in [-0.39, 0.29) is 57.5 Å². The van der Waals surface area contributed by atoms with Gasteiger partial charge in [-0.2, -0.15) is 3.71 Å². The summed E-state index contributed by atoms with van der Waals surface area (Å²) in [6, 6.07) is 92.5. The van der Waals surface area contributed by atoms with Crippen LogP contribution in [-0.2, 0) is 105 Å². The van der Waals surface area contributed by atoms with Crippen molar-refractivity contribution in [1.29, 1.82) is 0 Å². The van der Waals surface area contributed by atoms with Crippen molar-refractivity contribution in [3.63, 3.8) is 0 Å². The van der Waals surface area contributed by atoms with E-state index >= 15 is 0 Å². The van der Waals surface area contributed by atoms with Crippen LogP contribution >= 0.6 is 47.0 Å². The van der Waals surface area contributed by atoms with E-state index in [0.717, 1.165) is 66.7 Å². The lowest BCUT2D eigenvalue weighted by atomic mass is 9.64. The number of hydrogen-bond acceptors (Lipinski definition) is 17. The lowest BCUT2D eigenvalue weighted by molar-refractivity contribution is 0.275. The number of aryl methyl sites for hydroxylation is 3. The molecular formula is C96H94B6N2O13S7. The Bertz CT molecular complexity index is 6020. The van der Waals surface area contributed by atoms with E-state index in [4.69, 9.17) is 39.2 Å². The molecule has 0 saturated carbocycles. The number of thioether (sulfide) groups is 1. The van der Waals surface area contributed by atoms with Crippen molar-refractivity contribution in [2.75, 3.05) is 9.97 Å². The molecule has 28 heteroatoms. The fourth-order valence-electron chi connectivity index (χ4n) is 14.4. The zero-order valence-electron chi connectivity index (χ0n) is 69.7. The van der Waals surface area contributed by atoms with Crippen molar-refractivity contribution >= 4 is 164 Å². The van der Waals surface area contributed by atoms with Gasteiger partial charge >= 0.3 is 41.7 Å². The molecule has 13 aromatic carbocycles. The SMILES string of the molecule is C.CB1OCc2cc(N(S(=O)(=O)c3ccccc3)S(=O)(=O)c3ccccc3)ccc21.CB1OCc2ccc(S(=O)c3ccc(C)cc3)cc21.CB1OCc2ccc(Sc3ccc(C)cc3)cc21.CSc1ccc(Sc2ccc3c(c2)B(C)OC3)cc1.Cc1ccc(Sc2ccc3c(c2)B(O)OC3)cc1.[C-]#[N+]c1cccc(COc2ccc3c(c2)COB3C)c1. The Morgan fingerprint density at radius 3 is 1.25 bits per heavy atom. The second kappa shape index (κ2) is 42.7. The minimum absolute atomic E-state index is 0. The van der Waals surface area contributed by atoms with Gasteiger partial charge in [-0.3, -0.25) is 0 Å². The van der Waals surface area contributed by atoms with Crippen LogP contribution < -0.4 is 41.2 Å². The fourth-order valence-corrected chi connectivity index (χ4v) is 22.2. The van der Waals surface area contributed by atoms with Crippen molar-refractivity contribution in [1.82, 2.24) is 0 Å². The molecule has 6 aliphatic rings. The quantitative estimate of drug-likeness (QED) is 0.0517. The Kier molecular flexibility index (Phi) is 31.7. The Labute approximate surface area is 752 Å². The highest BCUT2D eigenvalue weighted by molar-refractivity contribution is 8.10. The lowest BCUT2D eigenvalue weighted by Gasteiger charge is -2.24. The molecule has 6 aliphatic heterocycles. The molecule has 0 aromatic heterocycles. The zero-order chi connectivity index (χ0) is 86.3. The minimum Gasteiger partial charge on any atom is -0.489 e. The topological polar surface area (TPSA) is 178 Å². The van der Waals surface area contributed by atoms with Gasteiger partial charge in [-0.25, -0.2) is 25.9 Å². The molecule has 0 fully saturated rings. The van der Waals surface area contributed by atoms with Crippen molar-refractivity contribution in [2.24, 2.45) is 0 Å². The number of anilines is 1. The van der Waals surface area contributed by atoms with Crippen LogP contribution in [0, 0.1) is 27.3 Å². The molecule has 1 N–H and O–H groups in total. The monoisotopic (exact) mass is 1770 g/mol. The number of rotatable bonds is 17. The third-order valence-electron chi connectivity index (χ3n) is 21.4. The molecular weight excluding hydrogens is 1680 g/mol. The molecule has 0 amide bonds. The first-order valence-corrected chi connectivity index (χ1v) is 48.1. The van der Waals surface area contributed by atoms with Crippen LogP contribution in [0.3, 0.4) is 0 Å². The molecule has 15 nitrogen and oxygen atoms in total. The van der Waals surface area contributed by atoms with E-state index < -0.39 is 38.0 Å². The highest BCUT2D eigenvalue weighted by Gasteiger charge is 2.39.